The molecule has 0 saturated carbocycles. The normalized spacial score (nSPS) is 13.8. The van der Waals surface area contributed by atoms with Gasteiger partial charge in [0, 0.05) is 0 Å². The molecule has 0 amide bonds. The second kappa shape index (κ2) is 6.17. The molecule has 0 spiro atoms. The lowest BCUT2D eigenvalue weighted by Gasteiger charge is -2.16. The van der Waals surface area contributed by atoms with Crippen molar-refractivity contribution in [3.8, 4) is 0 Å². The summed E-state index contributed by atoms with van der Waals surface area (Å²) in [6, 6.07) is 24.6. The highest BCUT2D eigenvalue weighted by atomic mass is 16.3. The highest BCUT2D eigenvalue weighted by Gasteiger charge is 2.13. The number of aliphatic hydroxyl groups is 1. The third-order valence-corrected chi connectivity index (χ3v) is 4.30. The molecule has 3 rings (SSSR count). The van der Waals surface area contributed by atoms with Crippen LogP contribution in [0.1, 0.15) is 31.1 Å². The zero-order valence-electron chi connectivity index (χ0n) is 13.0. The van der Waals surface area contributed by atoms with E-state index in [-0.39, 0.29) is 0 Å². The molecule has 0 aliphatic heterocycles. The molecular weight excluding hydrogens is 268 g/mol. The van der Waals surface area contributed by atoms with Crippen molar-refractivity contribution in [2.75, 3.05) is 0 Å². The minimum atomic E-state index is -0.579. The number of fused-ring (bicyclic) bond motifs is 1. The van der Waals surface area contributed by atoms with Crippen LogP contribution in [0.25, 0.3) is 16.3 Å². The maximum atomic E-state index is 10.7. The Morgan fingerprint density at radius 3 is 2.14 bits per heavy atom. The molecule has 0 aromatic heterocycles. The standard InChI is InChI=1S/C21H20O/c1-15(17-8-4-3-5-9-17)16(2)21(22)20-13-12-18-10-6-7-11-19(18)14-20/h3-14,21-22H,1-2H3/b16-15+. The number of hydrogen-bond acceptors (Lipinski definition) is 1. The summed E-state index contributed by atoms with van der Waals surface area (Å²) < 4.78 is 0. The van der Waals surface area contributed by atoms with Gasteiger partial charge in [0.15, 0.2) is 0 Å². The summed E-state index contributed by atoms with van der Waals surface area (Å²) >= 11 is 0. The third kappa shape index (κ3) is 2.81. The van der Waals surface area contributed by atoms with Gasteiger partial charge in [0.05, 0.1) is 0 Å². The van der Waals surface area contributed by atoms with Crippen molar-refractivity contribution in [3.63, 3.8) is 0 Å². The molecule has 1 heteroatoms. The highest BCUT2D eigenvalue weighted by molar-refractivity contribution is 5.83. The Morgan fingerprint density at radius 1 is 0.773 bits per heavy atom. The Labute approximate surface area is 131 Å². The lowest BCUT2D eigenvalue weighted by Crippen LogP contribution is -2.01. The van der Waals surface area contributed by atoms with Gasteiger partial charge in [-0.25, -0.2) is 0 Å². The van der Waals surface area contributed by atoms with Gasteiger partial charge >= 0.3 is 0 Å². The SMILES string of the molecule is C/C(=C(/C)C(O)c1ccc2ccccc2c1)c1ccccc1. The smallest absolute Gasteiger partial charge is 0.100 e. The van der Waals surface area contributed by atoms with Crippen molar-refractivity contribution in [2.24, 2.45) is 0 Å². The van der Waals surface area contributed by atoms with Gasteiger partial charge < -0.3 is 5.11 Å². The zero-order chi connectivity index (χ0) is 15.5. The average molecular weight is 288 g/mol. The molecule has 0 radical (unpaired) electrons. The molecular formula is C21H20O. The molecule has 1 atom stereocenters. The van der Waals surface area contributed by atoms with Gasteiger partial charge in [-0.2, -0.15) is 0 Å². The molecule has 0 aliphatic rings. The molecule has 3 aromatic carbocycles. The second-order valence-corrected chi connectivity index (χ2v) is 5.68. The summed E-state index contributed by atoms with van der Waals surface area (Å²) in [5.74, 6) is 0. The fraction of sp³-hybridized carbons (Fsp3) is 0.143. The van der Waals surface area contributed by atoms with E-state index in [4.69, 9.17) is 0 Å². The van der Waals surface area contributed by atoms with Crippen LogP contribution in [-0.4, -0.2) is 5.11 Å². The van der Waals surface area contributed by atoms with Crippen molar-refractivity contribution in [2.45, 2.75) is 20.0 Å². The molecule has 110 valence electrons. The maximum Gasteiger partial charge on any atom is 0.100 e. The van der Waals surface area contributed by atoms with Crippen LogP contribution in [-0.2, 0) is 0 Å². The van der Waals surface area contributed by atoms with E-state index in [1.165, 1.54) is 5.39 Å². The van der Waals surface area contributed by atoms with Crippen LogP contribution in [0.2, 0.25) is 0 Å². The van der Waals surface area contributed by atoms with Gasteiger partial charge in [-0.1, -0.05) is 66.7 Å². The van der Waals surface area contributed by atoms with Crippen LogP contribution in [0, 0.1) is 0 Å². The summed E-state index contributed by atoms with van der Waals surface area (Å²) in [7, 11) is 0. The molecule has 3 aromatic rings. The van der Waals surface area contributed by atoms with Crippen LogP contribution >= 0.6 is 0 Å². The summed E-state index contributed by atoms with van der Waals surface area (Å²) in [5.41, 5.74) is 4.20. The first-order valence-corrected chi connectivity index (χ1v) is 7.56. The van der Waals surface area contributed by atoms with Crippen molar-refractivity contribution in [1.29, 1.82) is 0 Å². The summed E-state index contributed by atoms with van der Waals surface area (Å²) in [6.45, 7) is 4.07. The van der Waals surface area contributed by atoms with Gasteiger partial charge in [0.2, 0.25) is 0 Å². The molecule has 0 fully saturated rings. The topological polar surface area (TPSA) is 20.2 Å². The Balaban J connectivity index is 1.99. The van der Waals surface area contributed by atoms with E-state index in [9.17, 15) is 5.11 Å². The van der Waals surface area contributed by atoms with E-state index in [1.54, 1.807) is 0 Å². The summed E-state index contributed by atoms with van der Waals surface area (Å²) in [5, 5.41) is 13.1. The molecule has 0 bridgehead atoms. The largest absolute Gasteiger partial charge is 0.384 e. The lowest BCUT2D eigenvalue weighted by atomic mass is 9.94. The number of aliphatic hydroxyl groups excluding tert-OH is 1. The van der Waals surface area contributed by atoms with Crippen LogP contribution in [0.3, 0.4) is 0 Å². The Kier molecular flexibility index (Phi) is 4.08. The van der Waals surface area contributed by atoms with Crippen molar-refractivity contribution < 1.29 is 5.11 Å². The van der Waals surface area contributed by atoms with Gasteiger partial charge in [-0.05, 0) is 53.0 Å². The first-order valence-electron chi connectivity index (χ1n) is 7.56. The molecule has 0 aliphatic carbocycles. The van der Waals surface area contributed by atoms with Crippen LogP contribution in [0.15, 0.2) is 78.4 Å². The Morgan fingerprint density at radius 2 is 1.41 bits per heavy atom. The number of hydrogen-bond donors (Lipinski definition) is 1. The molecule has 1 N–H and O–H groups in total. The predicted molar refractivity (Wildman–Crippen MR) is 93.6 cm³/mol. The molecule has 0 saturated heterocycles. The molecule has 0 heterocycles. The molecule has 1 nitrogen and oxygen atoms in total. The maximum absolute atomic E-state index is 10.7. The predicted octanol–water partition coefficient (Wildman–Crippen LogP) is 5.37. The van der Waals surface area contributed by atoms with Gasteiger partial charge in [0.1, 0.15) is 6.10 Å². The van der Waals surface area contributed by atoms with E-state index in [1.807, 2.05) is 43.3 Å². The fourth-order valence-electron chi connectivity index (χ4n) is 2.75. The third-order valence-electron chi connectivity index (χ3n) is 4.30. The van der Waals surface area contributed by atoms with E-state index >= 15 is 0 Å². The zero-order valence-corrected chi connectivity index (χ0v) is 13.0. The number of benzene rings is 3. The van der Waals surface area contributed by atoms with Crippen molar-refractivity contribution in [1.82, 2.24) is 0 Å². The van der Waals surface area contributed by atoms with E-state index in [0.29, 0.717) is 0 Å². The monoisotopic (exact) mass is 288 g/mol. The lowest BCUT2D eigenvalue weighted by molar-refractivity contribution is 0.216. The first kappa shape index (κ1) is 14.6. The average Bonchev–Trinajstić information content (AvgIpc) is 2.60. The Bertz CT molecular complexity index is 815. The van der Waals surface area contributed by atoms with E-state index in [2.05, 4.69) is 43.3 Å². The molecule has 22 heavy (non-hydrogen) atoms. The molecule has 1 unspecified atom stereocenters. The number of allylic oxidation sites excluding steroid dienone is 1. The Hall–Kier alpha value is -2.38. The van der Waals surface area contributed by atoms with Crippen LogP contribution in [0.4, 0.5) is 0 Å². The van der Waals surface area contributed by atoms with E-state index in [0.717, 1.165) is 27.7 Å². The van der Waals surface area contributed by atoms with E-state index < -0.39 is 6.10 Å². The van der Waals surface area contributed by atoms with Gasteiger partial charge in [0.25, 0.3) is 0 Å². The summed E-state index contributed by atoms with van der Waals surface area (Å²) in [4.78, 5) is 0. The summed E-state index contributed by atoms with van der Waals surface area (Å²) in [6.07, 6.45) is -0.579. The van der Waals surface area contributed by atoms with Crippen LogP contribution < -0.4 is 0 Å². The minimum absolute atomic E-state index is 0.579. The van der Waals surface area contributed by atoms with Gasteiger partial charge in [-0.3, -0.25) is 0 Å². The van der Waals surface area contributed by atoms with Crippen LogP contribution in [0.5, 0.6) is 0 Å². The quantitative estimate of drug-likeness (QED) is 0.687. The van der Waals surface area contributed by atoms with Crippen molar-refractivity contribution in [3.05, 3.63) is 89.5 Å². The minimum Gasteiger partial charge on any atom is -0.384 e. The highest BCUT2D eigenvalue weighted by Crippen LogP contribution is 2.30. The van der Waals surface area contributed by atoms with Crippen molar-refractivity contribution >= 4 is 16.3 Å². The second-order valence-electron chi connectivity index (χ2n) is 5.68. The first-order chi connectivity index (χ1) is 10.7. The van der Waals surface area contributed by atoms with Gasteiger partial charge in [-0.15, -0.1) is 0 Å². The number of rotatable bonds is 3. The fourth-order valence-corrected chi connectivity index (χ4v) is 2.75.